The summed E-state index contributed by atoms with van der Waals surface area (Å²) >= 11 is 0. The molecular formula is C25H24N2O5. The Kier molecular flexibility index (Phi) is 5.62. The molecule has 1 atom stereocenters. The normalized spacial score (nSPS) is 17.8. The number of aliphatic carboxylic acids is 1. The summed E-state index contributed by atoms with van der Waals surface area (Å²) in [5.41, 5.74) is 4.06. The van der Waals surface area contributed by atoms with Gasteiger partial charge < -0.3 is 20.1 Å². The highest BCUT2D eigenvalue weighted by Gasteiger charge is 2.52. The molecule has 1 saturated heterocycles. The van der Waals surface area contributed by atoms with Crippen LogP contribution in [0.5, 0.6) is 0 Å². The van der Waals surface area contributed by atoms with Crippen molar-refractivity contribution < 1.29 is 24.2 Å². The number of likely N-dealkylation sites (tertiary alicyclic amines) is 1. The fraction of sp³-hybridized carbons (Fsp3) is 0.320. The third-order valence-corrected chi connectivity index (χ3v) is 5.98. The molecule has 2 aliphatic rings. The van der Waals surface area contributed by atoms with E-state index in [4.69, 9.17) is 4.74 Å². The molecule has 0 saturated carbocycles. The summed E-state index contributed by atoms with van der Waals surface area (Å²) in [5, 5.41) is 11.8. The minimum atomic E-state index is -1.05. The number of amides is 2. The summed E-state index contributed by atoms with van der Waals surface area (Å²) in [7, 11) is 0. The summed E-state index contributed by atoms with van der Waals surface area (Å²) in [6, 6.07) is 15.2. The van der Waals surface area contributed by atoms with E-state index in [0.29, 0.717) is 6.54 Å². The Hall–Kier alpha value is -3.79. The third-order valence-electron chi connectivity index (χ3n) is 5.98. The Morgan fingerprint density at radius 3 is 2.25 bits per heavy atom. The second-order valence-corrected chi connectivity index (χ2v) is 8.64. The molecule has 0 aromatic heterocycles. The van der Waals surface area contributed by atoms with Gasteiger partial charge in [0.15, 0.2) is 0 Å². The van der Waals surface area contributed by atoms with Crippen LogP contribution >= 0.6 is 0 Å². The zero-order chi connectivity index (χ0) is 22.9. The first-order chi connectivity index (χ1) is 15.3. The molecule has 0 bridgehead atoms. The summed E-state index contributed by atoms with van der Waals surface area (Å²) < 4.78 is 5.41. The van der Waals surface area contributed by atoms with E-state index in [0.717, 1.165) is 22.3 Å². The Balaban J connectivity index is 1.29. The second-order valence-electron chi connectivity index (χ2n) is 8.64. The molecule has 2 aromatic carbocycles. The van der Waals surface area contributed by atoms with Crippen LogP contribution in [0.15, 0.2) is 48.5 Å². The number of fused-ring (bicyclic) bond motifs is 3. The van der Waals surface area contributed by atoms with Gasteiger partial charge in [-0.25, -0.2) is 9.59 Å². The number of benzene rings is 2. The predicted molar refractivity (Wildman–Crippen MR) is 118 cm³/mol. The van der Waals surface area contributed by atoms with E-state index in [9.17, 15) is 19.5 Å². The van der Waals surface area contributed by atoms with Gasteiger partial charge in [0.25, 0.3) is 5.91 Å². The number of carboxylic acid groups (broad SMARTS) is 1. The van der Waals surface area contributed by atoms with Crippen molar-refractivity contribution in [3.63, 3.8) is 0 Å². The van der Waals surface area contributed by atoms with Gasteiger partial charge >= 0.3 is 12.1 Å². The van der Waals surface area contributed by atoms with Gasteiger partial charge in [-0.1, -0.05) is 68.3 Å². The van der Waals surface area contributed by atoms with Crippen molar-refractivity contribution in [1.82, 2.24) is 10.2 Å². The van der Waals surface area contributed by atoms with E-state index in [1.165, 1.54) is 4.90 Å². The molecule has 2 N–H and O–H groups in total. The van der Waals surface area contributed by atoms with E-state index < -0.39 is 29.4 Å². The third kappa shape index (κ3) is 3.92. The SMILES string of the molecule is CC1(C)CN(C(=O)C#CCNC(=O)OCC2c3ccccc3-c3ccccc32)C1C(=O)O. The number of carboxylic acids is 1. The fourth-order valence-electron chi connectivity index (χ4n) is 4.54. The highest BCUT2D eigenvalue weighted by atomic mass is 16.5. The number of alkyl carbamates (subject to hydrolysis) is 1. The second kappa shape index (κ2) is 8.39. The number of carbonyl (C=O) groups is 3. The molecule has 1 aliphatic carbocycles. The smallest absolute Gasteiger partial charge is 0.407 e. The first kappa shape index (κ1) is 21.4. The number of nitrogens with zero attached hydrogens (tertiary/aromatic N) is 1. The van der Waals surface area contributed by atoms with Crippen LogP contribution in [-0.2, 0) is 14.3 Å². The summed E-state index contributed by atoms with van der Waals surface area (Å²) in [4.78, 5) is 36.8. The van der Waals surface area contributed by atoms with Crippen molar-refractivity contribution in [3.8, 4) is 23.0 Å². The molecule has 1 unspecified atom stereocenters. The molecule has 0 radical (unpaired) electrons. The maximum Gasteiger partial charge on any atom is 0.407 e. The van der Waals surface area contributed by atoms with Crippen LogP contribution in [0.25, 0.3) is 11.1 Å². The average molecular weight is 432 g/mol. The molecule has 0 spiro atoms. The highest BCUT2D eigenvalue weighted by molar-refractivity contribution is 5.97. The lowest BCUT2D eigenvalue weighted by atomic mass is 9.75. The molecule has 1 fully saturated rings. The van der Waals surface area contributed by atoms with Crippen LogP contribution in [0, 0.1) is 17.3 Å². The first-order valence-electron chi connectivity index (χ1n) is 10.4. The molecule has 7 heteroatoms. The largest absolute Gasteiger partial charge is 0.480 e. The van der Waals surface area contributed by atoms with Crippen molar-refractivity contribution in [1.29, 1.82) is 0 Å². The van der Waals surface area contributed by atoms with Gasteiger partial charge in [0, 0.05) is 17.9 Å². The molecular weight excluding hydrogens is 408 g/mol. The average Bonchev–Trinajstić information content (AvgIpc) is 3.07. The van der Waals surface area contributed by atoms with Crippen molar-refractivity contribution in [2.45, 2.75) is 25.8 Å². The Bertz CT molecular complexity index is 1100. The Labute approximate surface area is 186 Å². The van der Waals surface area contributed by atoms with Gasteiger partial charge in [0.2, 0.25) is 0 Å². The van der Waals surface area contributed by atoms with E-state index >= 15 is 0 Å². The minimum absolute atomic E-state index is 0.0384. The standard InChI is InChI=1S/C25H24N2O5/c1-25(2)15-27(22(25)23(29)30)21(28)12-7-13-26-24(31)32-14-20-18-10-5-3-8-16(18)17-9-4-6-11-19(17)20/h3-6,8-11,20,22H,13-15H2,1-2H3,(H,26,31)(H,29,30). The van der Waals surface area contributed by atoms with Gasteiger partial charge in [-0.3, -0.25) is 4.79 Å². The number of nitrogens with one attached hydrogen (secondary N) is 1. The van der Waals surface area contributed by atoms with Crippen LogP contribution in [0.3, 0.4) is 0 Å². The quantitative estimate of drug-likeness (QED) is 0.725. The number of rotatable bonds is 4. The van der Waals surface area contributed by atoms with Crippen LogP contribution in [0.1, 0.15) is 30.9 Å². The van der Waals surface area contributed by atoms with E-state index in [2.05, 4.69) is 29.3 Å². The van der Waals surface area contributed by atoms with Crippen molar-refractivity contribution in [2.75, 3.05) is 19.7 Å². The fourth-order valence-corrected chi connectivity index (χ4v) is 4.54. The van der Waals surface area contributed by atoms with Gasteiger partial charge in [-0.2, -0.15) is 0 Å². The maximum atomic E-state index is 12.2. The van der Waals surface area contributed by atoms with E-state index in [1.54, 1.807) is 13.8 Å². The lowest BCUT2D eigenvalue weighted by Gasteiger charge is -2.50. The highest BCUT2D eigenvalue weighted by Crippen LogP contribution is 2.44. The number of hydrogen-bond acceptors (Lipinski definition) is 4. The Morgan fingerprint density at radius 2 is 1.69 bits per heavy atom. The molecule has 164 valence electrons. The van der Waals surface area contributed by atoms with E-state index in [-0.39, 0.29) is 19.1 Å². The van der Waals surface area contributed by atoms with Gasteiger partial charge in [-0.05, 0) is 28.2 Å². The van der Waals surface area contributed by atoms with Crippen LogP contribution < -0.4 is 5.32 Å². The zero-order valence-electron chi connectivity index (χ0n) is 17.9. The maximum absolute atomic E-state index is 12.2. The lowest BCUT2D eigenvalue weighted by molar-refractivity contribution is -0.168. The molecule has 32 heavy (non-hydrogen) atoms. The lowest BCUT2D eigenvalue weighted by Crippen LogP contribution is -2.66. The molecule has 2 aromatic rings. The number of hydrogen-bond donors (Lipinski definition) is 2. The molecule has 1 heterocycles. The summed E-state index contributed by atoms with van der Waals surface area (Å²) in [6.45, 7) is 4.04. The van der Waals surface area contributed by atoms with Crippen LogP contribution in [-0.4, -0.2) is 53.7 Å². The summed E-state index contributed by atoms with van der Waals surface area (Å²) in [5.74, 6) is 3.30. The monoisotopic (exact) mass is 432 g/mol. The number of carbonyl (C=O) groups excluding carboxylic acids is 2. The zero-order valence-corrected chi connectivity index (χ0v) is 17.9. The van der Waals surface area contributed by atoms with Crippen molar-refractivity contribution >= 4 is 18.0 Å². The van der Waals surface area contributed by atoms with Crippen molar-refractivity contribution in [3.05, 3.63) is 59.7 Å². The van der Waals surface area contributed by atoms with Crippen LogP contribution in [0.4, 0.5) is 4.79 Å². The molecule has 2 amide bonds. The predicted octanol–water partition coefficient (Wildman–Crippen LogP) is 2.85. The minimum Gasteiger partial charge on any atom is -0.480 e. The molecule has 7 nitrogen and oxygen atoms in total. The van der Waals surface area contributed by atoms with Crippen LogP contribution in [0.2, 0.25) is 0 Å². The Morgan fingerprint density at radius 1 is 1.09 bits per heavy atom. The van der Waals surface area contributed by atoms with Gasteiger partial charge in [-0.15, -0.1) is 0 Å². The summed E-state index contributed by atoms with van der Waals surface area (Å²) in [6.07, 6.45) is -0.623. The van der Waals surface area contributed by atoms with Crippen molar-refractivity contribution in [2.24, 2.45) is 5.41 Å². The topological polar surface area (TPSA) is 95.9 Å². The van der Waals surface area contributed by atoms with E-state index in [1.807, 2.05) is 36.4 Å². The first-order valence-corrected chi connectivity index (χ1v) is 10.4. The van der Waals surface area contributed by atoms with Gasteiger partial charge in [0.05, 0.1) is 6.54 Å². The number of ether oxygens (including phenoxy) is 1. The molecule has 4 rings (SSSR count). The van der Waals surface area contributed by atoms with Gasteiger partial charge in [0.1, 0.15) is 12.6 Å². The molecule has 1 aliphatic heterocycles.